The van der Waals surface area contributed by atoms with Gasteiger partial charge in [-0.3, -0.25) is 25.0 Å². The number of fused-ring (bicyclic) bond motifs is 1. The average molecular weight is 510 g/mol. The third-order valence-electron chi connectivity index (χ3n) is 5.32. The van der Waals surface area contributed by atoms with Crippen LogP contribution in [-0.2, 0) is 4.79 Å². The minimum Gasteiger partial charge on any atom is -0.415 e. The topological polar surface area (TPSA) is 154 Å². The molecule has 0 aliphatic rings. The molecule has 0 spiro atoms. The van der Waals surface area contributed by atoms with E-state index >= 15 is 0 Å². The maximum atomic E-state index is 12.7. The highest BCUT2D eigenvalue weighted by Gasteiger charge is 2.21. The number of hydrazone groups is 1. The van der Waals surface area contributed by atoms with E-state index in [0.29, 0.717) is 11.1 Å². The van der Waals surface area contributed by atoms with Gasteiger partial charge < -0.3 is 4.74 Å². The van der Waals surface area contributed by atoms with Crippen LogP contribution in [0.5, 0.6) is 5.75 Å². The van der Waals surface area contributed by atoms with E-state index in [1.165, 1.54) is 36.4 Å². The van der Waals surface area contributed by atoms with Crippen molar-refractivity contribution >= 4 is 46.3 Å². The Morgan fingerprint density at radius 1 is 0.868 bits per heavy atom. The molecule has 0 aliphatic heterocycles. The smallest absolute Gasteiger partial charge is 0.336 e. The van der Waals surface area contributed by atoms with Gasteiger partial charge in [-0.05, 0) is 34.5 Å². The van der Waals surface area contributed by atoms with Crippen LogP contribution in [0.25, 0.3) is 16.8 Å². The fraction of sp³-hybridized carbons (Fsp3) is 0. The number of nitro groups is 2. The second-order valence-corrected chi connectivity index (χ2v) is 7.78. The first kappa shape index (κ1) is 25.4. The highest BCUT2D eigenvalue weighted by Crippen LogP contribution is 2.30. The Bertz CT molecular complexity index is 1620. The molecule has 1 amide bonds. The van der Waals surface area contributed by atoms with Crippen molar-refractivity contribution in [2.45, 2.75) is 0 Å². The molecule has 0 fully saturated rings. The SMILES string of the molecule is O=C(/C=C/c1cccc([N+](=O)[O-])c1)Oc1c(/C=N/NC(=O)c2cccc3ccccc23)cccc1[N+](=O)[O-]. The molecule has 11 nitrogen and oxygen atoms in total. The summed E-state index contributed by atoms with van der Waals surface area (Å²) in [5.41, 5.74) is 2.53. The highest BCUT2D eigenvalue weighted by molar-refractivity contribution is 6.07. The zero-order valence-electron chi connectivity index (χ0n) is 19.5. The zero-order valence-corrected chi connectivity index (χ0v) is 19.5. The van der Waals surface area contributed by atoms with Crippen molar-refractivity contribution in [2.24, 2.45) is 5.10 Å². The van der Waals surface area contributed by atoms with Gasteiger partial charge in [0.2, 0.25) is 5.75 Å². The summed E-state index contributed by atoms with van der Waals surface area (Å²) >= 11 is 0. The van der Waals surface area contributed by atoms with Gasteiger partial charge >= 0.3 is 11.7 Å². The fourth-order valence-corrected chi connectivity index (χ4v) is 3.58. The lowest BCUT2D eigenvalue weighted by atomic mass is 10.0. The second-order valence-electron chi connectivity index (χ2n) is 7.78. The predicted octanol–water partition coefficient (Wildman–Crippen LogP) is 5.04. The molecular formula is C27H18N4O7. The van der Waals surface area contributed by atoms with Gasteiger partial charge in [0.15, 0.2) is 0 Å². The lowest BCUT2D eigenvalue weighted by Crippen LogP contribution is -2.18. The van der Waals surface area contributed by atoms with Crippen molar-refractivity contribution in [3.63, 3.8) is 0 Å². The van der Waals surface area contributed by atoms with E-state index in [1.54, 1.807) is 30.3 Å². The number of rotatable bonds is 8. The van der Waals surface area contributed by atoms with E-state index < -0.39 is 27.4 Å². The lowest BCUT2D eigenvalue weighted by molar-refractivity contribution is -0.385. The zero-order chi connectivity index (χ0) is 27.1. The Morgan fingerprint density at radius 3 is 2.39 bits per heavy atom. The summed E-state index contributed by atoms with van der Waals surface area (Å²) in [6.45, 7) is 0. The molecule has 0 radical (unpaired) electrons. The van der Waals surface area contributed by atoms with E-state index in [4.69, 9.17) is 4.74 Å². The monoisotopic (exact) mass is 510 g/mol. The molecule has 11 heteroatoms. The first-order valence-corrected chi connectivity index (χ1v) is 11.1. The number of non-ortho nitro benzene ring substituents is 1. The number of carbonyl (C=O) groups excluding carboxylic acids is 2. The van der Waals surface area contributed by atoms with Crippen LogP contribution in [0, 0.1) is 20.2 Å². The number of para-hydroxylation sites is 1. The van der Waals surface area contributed by atoms with Crippen LogP contribution < -0.4 is 10.2 Å². The summed E-state index contributed by atoms with van der Waals surface area (Å²) in [6.07, 6.45) is 3.39. The fourth-order valence-electron chi connectivity index (χ4n) is 3.58. The maximum absolute atomic E-state index is 12.7. The third kappa shape index (κ3) is 5.91. The first-order chi connectivity index (χ1) is 18.3. The quantitative estimate of drug-likeness (QED) is 0.0870. The Kier molecular flexibility index (Phi) is 7.58. The van der Waals surface area contributed by atoms with Crippen LogP contribution in [0.2, 0.25) is 0 Å². The average Bonchev–Trinajstić information content (AvgIpc) is 2.92. The molecule has 0 saturated heterocycles. The third-order valence-corrected chi connectivity index (χ3v) is 5.32. The number of hydrogen-bond donors (Lipinski definition) is 1. The standard InChI is InChI=1S/C27H18N4O7/c32-25(15-14-18-6-3-10-21(16-18)30(34)35)38-26-20(9-5-13-24(26)31(36)37)17-28-29-27(33)23-12-4-8-19-7-1-2-11-22(19)23/h1-17H,(H,29,33)/b15-14+,28-17+. The van der Waals surface area contributed by atoms with Crippen LogP contribution in [0.1, 0.15) is 21.5 Å². The molecule has 0 saturated carbocycles. The van der Waals surface area contributed by atoms with Gasteiger partial charge in [-0.15, -0.1) is 0 Å². The Labute approximate surface area is 215 Å². The Hall–Kier alpha value is -5.71. The predicted molar refractivity (Wildman–Crippen MR) is 140 cm³/mol. The molecule has 4 aromatic rings. The van der Waals surface area contributed by atoms with Crippen LogP contribution in [0.3, 0.4) is 0 Å². The van der Waals surface area contributed by atoms with Crippen molar-refractivity contribution in [3.8, 4) is 5.75 Å². The molecule has 0 aromatic heterocycles. The maximum Gasteiger partial charge on any atom is 0.336 e. The molecule has 1 N–H and O–H groups in total. The van der Waals surface area contributed by atoms with Crippen molar-refractivity contribution in [1.29, 1.82) is 0 Å². The van der Waals surface area contributed by atoms with E-state index in [0.717, 1.165) is 29.1 Å². The number of esters is 1. The van der Waals surface area contributed by atoms with Gasteiger partial charge in [-0.25, -0.2) is 10.2 Å². The molecular weight excluding hydrogens is 492 g/mol. The second kappa shape index (κ2) is 11.4. The van der Waals surface area contributed by atoms with Gasteiger partial charge in [0.05, 0.1) is 16.1 Å². The van der Waals surface area contributed by atoms with E-state index in [-0.39, 0.29) is 17.0 Å². The van der Waals surface area contributed by atoms with Crippen molar-refractivity contribution < 1.29 is 24.2 Å². The molecule has 0 bridgehead atoms. The van der Waals surface area contributed by atoms with Crippen LogP contribution in [0.4, 0.5) is 11.4 Å². The van der Waals surface area contributed by atoms with Gasteiger partial charge in [-0.2, -0.15) is 5.10 Å². The number of hydrogen-bond acceptors (Lipinski definition) is 8. The summed E-state index contributed by atoms with van der Waals surface area (Å²) in [4.78, 5) is 46.3. The van der Waals surface area contributed by atoms with Crippen molar-refractivity contribution in [3.05, 3.63) is 128 Å². The van der Waals surface area contributed by atoms with Crippen LogP contribution in [0.15, 0.2) is 96.1 Å². The van der Waals surface area contributed by atoms with Crippen LogP contribution >= 0.6 is 0 Å². The largest absolute Gasteiger partial charge is 0.415 e. The van der Waals surface area contributed by atoms with Gasteiger partial charge in [0.1, 0.15) is 0 Å². The molecule has 0 unspecified atom stereocenters. The summed E-state index contributed by atoms with van der Waals surface area (Å²) in [5, 5.41) is 28.0. The molecule has 0 heterocycles. The van der Waals surface area contributed by atoms with Gasteiger partial charge in [0.25, 0.3) is 11.6 Å². The normalized spacial score (nSPS) is 11.1. The Balaban J connectivity index is 1.54. The van der Waals surface area contributed by atoms with Gasteiger partial charge in [-0.1, -0.05) is 54.6 Å². The van der Waals surface area contributed by atoms with Gasteiger partial charge in [0, 0.05) is 35.4 Å². The molecule has 38 heavy (non-hydrogen) atoms. The Morgan fingerprint density at radius 2 is 1.61 bits per heavy atom. The van der Waals surface area contributed by atoms with Crippen molar-refractivity contribution in [1.82, 2.24) is 5.43 Å². The molecule has 0 aliphatic carbocycles. The summed E-state index contributed by atoms with van der Waals surface area (Å²) in [5.74, 6) is -1.84. The lowest BCUT2D eigenvalue weighted by Gasteiger charge is -2.07. The summed E-state index contributed by atoms with van der Waals surface area (Å²) < 4.78 is 5.23. The molecule has 0 atom stereocenters. The molecule has 4 rings (SSSR count). The summed E-state index contributed by atoms with van der Waals surface area (Å²) in [7, 11) is 0. The summed E-state index contributed by atoms with van der Waals surface area (Å²) in [6, 6.07) is 22.1. The number of amides is 1. The van der Waals surface area contributed by atoms with E-state index in [9.17, 15) is 29.8 Å². The minimum atomic E-state index is -0.958. The first-order valence-electron chi connectivity index (χ1n) is 11.1. The highest BCUT2D eigenvalue weighted by atomic mass is 16.6. The number of carbonyl (C=O) groups is 2. The number of nitro benzene ring substituents is 2. The molecule has 188 valence electrons. The van der Waals surface area contributed by atoms with Crippen LogP contribution in [-0.4, -0.2) is 27.9 Å². The minimum absolute atomic E-state index is 0.0644. The molecule has 4 aromatic carbocycles. The van der Waals surface area contributed by atoms with E-state index in [2.05, 4.69) is 10.5 Å². The number of benzene rings is 4. The number of nitrogens with zero attached hydrogens (tertiary/aromatic N) is 3. The number of nitrogens with one attached hydrogen (secondary N) is 1. The van der Waals surface area contributed by atoms with E-state index in [1.807, 2.05) is 18.2 Å². The van der Waals surface area contributed by atoms with Crippen molar-refractivity contribution in [2.75, 3.05) is 0 Å². The number of ether oxygens (including phenoxy) is 1.